The number of rotatable bonds is 8. The number of unbranched alkanes of at least 4 members (excludes halogenated alkanes) is 1. The lowest BCUT2D eigenvalue weighted by atomic mass is 9.94. The number of hydrogen-bond acceptors (Lipinski definition) is 6. The van der Waals surface area contributed by atoms with Gasteiger partial charge in [0.15, 0.2) is 0 Å². The quantitative estimate of drug-likeness (QED) is 0.426. The summed E-state index contributed by atoms with van der Waals surface area (Å²) in [5.74, 6) is -2.16. The normalized spacial score (nSPS) is 25.0. The van der Waals surface area contributed by atoms with Crippen molar-refractivity contribution in [1.82, 2.24) is 16.0 Å². The third kappa shape index (κ3) is 9.08. The summed E-state index contributed by atoms with van der Waals surface area (Å²) in [4.78, 5) is 53.1. The molecule has 9 nitrogen and oxygen atoms in total. The van der Waals surface area contributed by atoms with Crippen LogP contribution in [-0.2, 0) is 30.3 Å². The van der Waals surface area contributed by atoms with Crippen molar-refractivity contribution >= 4 is 23.7 Å². The van der Waals surface area contributed by atoms with E-state index in [1.165, 1.54) is 6.92 Å². The van der Waals surface area contributed by atoms with E-state index in [9.17, 15) is 19.2 Å². The first kappa shape index (κ1) is 30.6. The molecule has 1 saturated heterocycles. The topological polar surface area (TPSA) is 137 Å². The molecule has 3 N–H and O–H groups in total. The fraction of sp³-hybridized carbons (Fsp3) is 0.516. The number of esters is 1. The minimum absolute atomic E-state index is 0.0949. The molecule has 5 atom stereocenters. The van der Waals surface area contributed by atoms with E-state index in [1.54, 1.807) is 24.3 Å². The SMILES string of the molecule is CCCC[C@H](C)[C@@H]1CC(=O)N[C@@H](CC2=CCCC=C2)C(=O)N[C@@H](C)C(=O)N[C@H](Cc2ccc(C#N)cc2)C(=O)O1. The first-order chi connectivity index (χ1) is 19.2. The van der Waals surface area contributed by atoms with Gasteiger partial charge in [0, 0.05) is 12.8 Å². The molecule has 2 aliphatic rings. The van der Waals surface area contributed by atoms with E-state index in [4.69, 9.17) is 10.00 Å². The first-order valence-corrected chi connectivity index (χ1v) is 14.1. The van der Waals surface area contributed by atoms with Crippen molar-refractivity contribution < 1.29 is 23.9 Å². The number of allylic oxidation sites excluding steroid dienone is 3. The fourth-order valence-corrected chi connectivity index (χ4v) is 4.82. The highest BCUT2D eigenvalue weighted by Crippen LogP contribution is 2.21. The van der Waals surface area contributed by atoms with Gasteiger partial charge in [0.25, 0.3) is 0 Å². The van der Waals surface area contributed by atoms with Gasteiger partial charge in [-0.1, -0.05) is 57.0 Å². The molecule has 3 rings (SSSR count). The highest BCUT2D eigenvalue weighted by Gasteiger charge is 2.33. The Hall–Kier alpha value is -3.93. The van der Waals surface area contributed by atoms with Crippen LogP contribution in [-0.4, -0.2) is 47.9 Å². The molecule has 1 aromatic rings. The van der Waals surface area contributed by atoms with Gasteiger partial charge in [-0.25, -0.2) is 4.79 Å². The van der Waals surface area contributed by atoms with Gasteiger partial charge in [-0.05, 0) is 55.4 Å². The minimum atomic E-state index is -1.04. The predicted octanol–water partition coefficient (Wildman–Crippen LogP) is 3.38. The summed E-state index contributed by atoms with van der Waals surface area (Å²) in [6, 6.07) is 5.90. The lowest BCUT2D eigenvalue weighted by molar-refractivity contribution is -0.157. The Morgan fingerprint density at radius 3 is 2.40 bits per heavy atom. The van der Waals surface area contributed by atoms with Gasteiger partial charge in [-0.2, -0.15) is 5.26 Å². The van der Waals surface area contributed by atoms with Crippen molar-refractivity contribution in [2.45, 2.75) is 96.4 Å². The van der Waals surface area contributed by atoms with Crippen LogP contribution in [0.25, 0.3) is 0 Å². The molecular weight excluding hydrogens is 508 g/mol. The number of benzene rings is 1. The number of carbonyl (C=O) groups excluding carboxylic acids is 4. The molecule has 0 radical (unpaired) electrons. The van der Waals surface area contributed by atoms with Crippen LogP contribution >= 0.6 is 0 Å². The van der Waals surface area contributed by atoms with Crippen molar-refractivity contribution in [2.24, 2.45) is 5.92 Å². The third-order valence-electron chi connectivity index (χ3n) is 7.34. The van der Waals surface area contributed by atoms with Crippen LogP contribution in [0.15, 0.2) is 48.1 Å². The molecule has 1 aromatic carbocycles. The zero-order valence-corrected chi connectivity index (χ0v) is 23.6. The zero-order valence-electron chi connectivity index (χ0n) is 23.6. The van der Waals surface area contributed by atoms with Gasteiger partial charge in [0.1, 0.15) is 24.2 Å². The Morgan fingerprint density at radius 1 is 1.00 bits per heavy atom. The largest absolute Gasteiger partial charge is 0.460 e. The highest BCUT2D eigenvalue weighted by molar-refractivity contribution is 5.94. The van der Waals surface area contributed by atoms with Crippen LogP contribution in [0.2, 0.25) is 0 Å². The van der Waals surface area contributed by atoms with Crippen molar-refractivity contribution in [3.63, 3.8) is 0 Å². The molecule has 0 unspecified atom stereocenters. The van der Waals surface area contributed by atoms with Gasteiger partial charge < -0.3 is 20.7 Å². The Labute approximate surface area is 236 Å². The molecule has 0 spiro atoms. The van der Waals surface area contributed by atoms with Crippen LogP contribution < -0.4 is 16.0 Å². The molecular formula is C31H40N4O5. The number of hydrogen-bond donors (Lipinski definition) is 3. The summed E-state index contributed by atoms with van der Waals surface area (Å²) in [6.07, 6.45) is 10.0. The van der Waals surface area contributed by atoms with Crippen LogP contribution in [0.5, 0.6) is 0 Å². The monoisotopic (exact) mass is 548 g/mol. The molecule has 0 aromatic heterocycles. The Morgan fingerprint density at radius 2 is 1.75 bits per heavy atom. The van der Waals surface area contributed by atoms with Gasteiger partial charge in [0.2, 0.25) is 17.7 Å². The average Bonchev–Trinajstić information content (AvgIpc) is 2.95. The molecule has 3 amide bonds. The number of nitriles is 1. The molecule has 1 heterocycles. The molecule has 0 bridgehead atoms. The van der Waals surface area contributed by atoms with Crippen molar-refractivity contribution in [2.75, 3.05) is 0 Å². The maximum absolute atomic E-state index is 13.5. The van der Waals surface area contributed by atoms with Gasteiger partial charge >= 0.3 is 5.97 Å². The Balaban J connectivity index is 1.90. The average molecular weight is 549 g/mol. The van der Waals surface area contributed by atoms with Crippen LogP contribution in [0, 0.1) is 17.2 Å². The first-order valence-electron chi connectivity index (χ1n) is 14.1. The number of nitrogens with zero attached hydrogens (tertiary/aromatic N) is 1. The maximum Gasteiger partial charge on any atom is 0.329 e. The van der Waals surface area contributed by atoms with Gasteiger partial charge in [-0.3, -0.25) is 14.4 Å². The van der Waals surface area contributed by atoms with E-state index < -0.39 is 47.9 Å². The van der Waals surface area contributed by atoms with E-state index in [1.807, 2.05) is 25.2 Å². The Kier molecular flexibility index (Phi) is 11.5. The second-order valence-corrected chi connectivity index (χ2v) is 10.7. The summed E-state index contributed by atoms with van der Waals surface area (Å²) in [5, 5.41) is 17.4. The van der Waals surface area contributed by atoms with Crippen molar-refractivity contribution in [1.29, 1.82) is 5.26 Å². The number of amides is 3. The van der Waals surface area contributed by atoms with Crippen molar-refractivity contribution in [3.05, 3.63) is 59.2 Å². The fourth-order valence-electron chi connectivity index (χ4n) is 4.82. The van der Waals surface area contributed by atoms with E-state index in [0.29, 0.717) is 12.0 Å². The van der Waals surface area contributed by atoms with E-state index in [-0.39, 0.29) is 18.8 Å². The standard InChI is InChI=1S/C31H40N4O5/c1-4-5-9-20(2)27-18-28(36)34-25(16-22-10-7-6-8-11-22)30(38)33-21(3)29(37)35-26(31(39)40-27)17-23-12-14-24(19-32)15-13-23/h7,10-15,20-21,25-27H,4-6,8-9,16-18H2,1-3H3,(H,33,38)(H,34,36)(H,35,37)/t20-,21-,25-,26+,27-/m0/s1. The maximum atomic E-state index is 13.5. The molecule has 9 heteroatoms. The molecule has 40 heavy (non-hydrogen) atoms. The van der Waals surface area contributed by atoms with Gasteiger partial charge in [-0.15, -0.1) is 0 Å². The number of carbonyl (C=O) groups is 4. The summed E-state index contributed by atoms with van der Waals surface area (Å²) in [6.45, 7) is 5.54. The van der Waals surface area contributed by atoms with E-state index >= 15 is 0 Å². The summed E-state index contributed by atoms with van der Waals surface area (Å²) < 4.78 is 5.92. The second-order valence-electron chi connectivity index (χ2n) is 10.7. The van der Waals surface area contributed by atoms with Crippen LogP contribution in [0.3, 0.4) is 0 Å². The highest BCUT2D eigenvalue weighted by atomic mass is 16.5. The van der Waals surface area contributed by atoms with Gasteiger partial charge in [0.05, 0.1) is 18.1 Å². The summed E-state index contributed by atoms with van der Waals surface area (Å²) >= 11 is 0. The van der Waals surface area contributed by atoms with Crippen LogP contribution in [0.1, 0.15) is 76.8 Å². The Bertz CT molecular complexity index is 1170. The molecule has 0 saturated carbocycles. The van der Waals surface area contributed by atoms with Crippen LogP contribution in [0.4, 0.5) is 0 Å². The third-order valence-corrected chi connectivity index (χ3v) is 7.34. The summed E-state index contributed by atoms with van der Waals surface area (Å²) in [7, 11) is 0. The summed E-state index contributed by atoms with van der Waals surface area (Å²) in [5.41, 5.74) is 2.14. The van der Waals surface area contributed by atoms with Crippen molar-refractivity contribution in [3.8, 4) is 6.07 Å². The van der Waals surface area contributed by atoms with E-state index in [0.717, 1.165) is 43.2 Å². The molecule has 1 fully saturated rings. The smallest absolute Gasteiger partial charge is 0.329 e. The lowest BCUT2D eigenvalue weighted by Crippen LogP contribution is -2.54. The van der Waals surface area contributed by atoms with E-state index in [2.05, 4.69) is 28.9 Å². The lowest BCUT2D eigenvalue weighted by Gasteiger charge is -2.27. The minimum Gasteiger partial charge on any atom is -0.460 e. The number of ether oxygens (including phenoxy) is 1. The number of nitrogens with one attached hydrogen (secondary N) is 3. The molecule has 1 aliphatic heterocycles. The number of cyclic esters (lactones) is 1. The second kappa shape index (κ2) is 15.0. The molecule has 1 aliphatic carbocycles. The zero-order chi connectivity index (χ0) is 29.1. The molecule has 214 valence electrons. The predicted molar refractivity (Wildman–Crippen MR) is 151 cm³/mol.